The van der Waals surface area contributed by atoms with Gasteiger partial charge in [0.05, 0.1) is 5.41 Å². The van der Waals surface area contributed by atoms with Crippen LogP contribution < -0.4 is 5.32 Å². The summed E-state index contributed by atoms with van der Waals surface area (Å²) in [6.07, 6.45) is 1.56. The molecule has 6 heteroatoms. The number of likely N-dealkylation sites (tertiary alicyclic amines) is 1. The second kappa shape index (κ2) is 7.44. The lowest BCUT2D eigenvalue weighted by Gasteiger charge is -2.39. The third kappa shape index (κ3) is 4.12. The normalized spacial score (nSPS) is 20.3. The molecule has 1 aliphatic rings. The number of carbonyl (C=O) groups is 2. The van der Waals surface area contributed by atoms with Crippen molar-refractivity contribution in [3.05, 3.63) is 58.5 Å². The van der Waals surface area contributed by atoms with Gasteiger partial charge in [-0.15, -0.1) is 0 Å². The Hall–Kier alpha value is -2.08. The largest absolute Gasteiger partial charge is 0.444 e. The van der Waals surface area contributed by atoms with Gasteiger partial charge < -0.3 is 14.6 Å². The Morgan fingerprint density at radius 2 is 2.00 bits per heavy atom. The van der Waals surface area contributed by atoms with Crippen molar-refractivity contribution < 1.29 is 14.0 Å². The van der Waals surface area contributed by atoms with E-state index in [0.29, 0.717) is 30.1 Å². The Morgan fingerprint density at radius 3 is 2.68 bits per heavy atom. The second-order valence-electron chi connectivity index (χ2n) is 6.66. The summed E-state index contributed by atoms with van der Waals surface area (Å²) in [6, 6.07) is 13.2. The van der Waals surface area contributed by atoms with E-state index >= 15 is 0 Å². The number of nitrogens with one attached hydrogen (secondary N) is 1. The highest BCUT2D eigenvalue weighted by Gasteiger charge is 2.39. The van der Waals surface area contributed by atoms with Gasteiger partial charge >= 0.3 is 0 Å². The number of rotatable bonds is 4. The number of amides is 2. The van der Waals surface area contributed by atoms with Crippen molar-refractivity contribution in [1.29, 1.82) is 0 Å². The van der Waals surface area contributed by atoms with E-state index in [1.807, 2.05) is 37.3 Å². The van der Waals surface area contributed by atoms with Crippen LogP contribution in [0.5, 0.6) is 0 Å². The van der Waals surface area contributed by atoms with Crippen LogP contribution in [0.15, 0.2) is 51.6 Å². The number of benzene rings is 1. The minimum atomic E-state index is -0.591. The van der Waals surface area contributed by atoms with E-state index in [0.717, 1.165) is 18.4 Å². The van der Waals surface area contributed by atoms with E-state index in [1.54, 1.807) is 17.0 Å². The third-order valence-electron chi connectivity index (χ3n) is 4.61. The van der Waals surface area contributed by atoms with Gasteiger partial charge in [-0.25, -0.2) is 0 Å². The van der Waals surface area contributed by atoms with Gasteiger partial charge in [0.15, 0.2) is 10.4 Å². The lowest BCUT2D eigenvalue weighted by Crippen LogP contribution is -2.51. The molecule has 5 nitrogen and oxygen atoms in total. The summed E-state index contributed by atoms with van der Waals surface area (Å²) < 4.78 is 5.88. The minimum absolute atomic E-state index is 0.0190. The molecule has 1 atom stereocenters. The molecular weight excluding hydrogens is 384 g/mol. The highest BCUT2D eigenvalue weighted by Crippen LogP contribution is 2.31. The first-order valence-electron chi connectivity index (χ1n) is 8.35. The molecule has 0 spiro atoms. The monoisotopic (exact) mass is 404 g/mol. The quantitative estimate of drug-likeness (QED) is 0.846. The number of carbonyl (C=O) groups excluding carboxylic acids is 2. The van der Waals surface area contributed by atoms with E-state index in [4.69, 9.17) is 4.42 Å². The molecular formula is C19H21BrN2O3. The van der Waals surface area contributed by atoms with Crippen molar-refractivity contribution in [2.45, 2.75) is 26.3 Å². The molecule has 3 rings (SSSR count). The fraction of sp³-hybridized carbons (Fsp3) is 0.368. The molecule has 0 bridgehead atoms. The lowest BCUT2D eigenvalue weighted by atomic mass is 9.80. The molecule has 1 fully saturated rings. The number of hydrogen-bond donors (Lipinski definition) is 1. The van der Waals surface area contributed by atoms with Crippen molar-refractivity contribution in [2.24, 2.45) is 5.41 Å². The zero-order valence-corrected chi connectivity index (χ0v) is 15.7. The maximum atomic E-state index is 12.7. The number of furan rings is 1. The zero-order chi connectivity index (χ0) is 17.9. The standard InChI is InChI=1S/C19H21BrN2O3/c1-19(18(24)21-12-14-6-3-2-4-7-14)10-5-11-22(13-19)17(23)15-8-9-16(20)25-15/h2-4,6-9H,5,10-13H2,1H3,(H,21,24). The van der Waals surface area contributed by atoms with Crippen LogP contribution in [-0.2, 0) is 11.3 Å². The molecule has 132 valence electrons. The van der Waals surface area contributed by atoms with Crippen molar-refractivity contribution in [3.8, 4) is 0 Å². The van der Waals surface area contributed by atoms with E-state index in [2.05, 4.69) is 21.2 Å². The Balaban J connectivity index is 1.64. The summed E-state index contributed by atoms with van der Waals surface area (Å²) in [7, 11) is 0. The molecule has 0 aliphatic carbocycles. The summed E-state index contributed by atoms with van der Waals surface area (Å²) in [4.78, 5) is 27.0. The van der Waals surface area contributed by atoms with E-state index in [9.17, 15) is 9.59 Å². The zero-order valence-electron chi connectivity index (χ0n) is 14.1. The van der Waals surface area contributed by atoms with Crippen LogP contribution in [0.2, 0.25) is 0 Å². The van der Waals surface area contributed by atoms with E-state index in [-0.39, 0.29) is 11.8 Å². The number of halogens is 1. The Labute approximate surface area is 155 Å². The van der Waals surface area contributed by atoms with Crippen LogP contribution in [-0.4, -0.2) is 29.8 Å². The van der Waals surface area contributed by atoms with Gasteiger partial charge in [-0.3, -0.25) is 9.59 Å². The molecule has 1 N–H and O–H groups in total. The summed E-state index contributed by atoms with van der Waals surface area (Å²) in [5, 5.41) is 3.00. The molecule has 25 heavy (non-hydrogen) atoms. The average molecular weight is 405 g/mol. The first kappa shape index (κ1) is 17.7. The maximum absolute atomic E-state index is 12.7. The molecule has 1 saturated heterocycles. The van der Waals surface area contributed by atoms with Gasteiger partial charge in [0, 0.05) is 19.6 Å². The summed E-state index contributed by atoms with van der Waals surface area (Å²) in [6.45, 7) is 3.45. The number of hydrogen-bond acceptors (Lipinski definition) is 3. The highest BCUT2D eigenvalue weighted by atomic mass is 79.9. The molecule has 0 radical (unpaired) electrons. The molecule has 2 heterocycles. The molecule has 2 aromatic rings. The second-order valence-corrected chi connectivity index (χ2v) is 7.44. The lowest BCUT2D eigenvalue weighted by molar-refractivity contribution is -0.132. The summed E-state index contributed by atoms with van der Waals surface area (Å²) >= 11 is 3.21. The summed E-state index contributed by atoms with van der Waals surface area (Å²) in [5.74, 6) is 0.0998. The van der Waals surface area contributed by atoms with Gasteiger partial charge in [-0.2, -0.15) is 0 Å². The van der Waals surface area contributed by atoms with Gasteiger partial charge in [0.1, 0.15) is 0 Å². The van der Waals surface area contributed by atoms with Gasteiger partial charge in [-0.1, -0.05) is 30.3 Å². The van der Waals surface area contributed by atoms with Crippen molar-refractivity contribution in [1.82, 2.24) is 10.2 Å². The molecule has 1 aromatic heterocycles. The van der Waals surface area contributed by atoms with Gasteiger partial charge in [0.25, 0.3) is 5.91 Å². The van der Waals surface area contributed by atoms with Crippen molar-refractivity contribution in [2.75, 3.05) is 13.1 Å². The fourth-order valence-corrected chi connectivity index (χ4v) is 3.48. The van der Waals surface area contributed by atoms with Gasteiger partial charge in [-0.05, 0) is 53.4 Å². The van der Waals surface area contributed by atoms with Crippen LogP contribution in [0, 0.1) is 5.41 Å². The number of piperidine rings is 1. The van der Waals surface area contributed by atoms with Crippen molar-refractivity contribution >= 4 is 27.7 Å². The fourth-order valence-electron chi connectivity index (χ4n) is 3.17. The smallest absolute Gasteiger partial charge is 0.289 e. The number of nitrogens with zero attached hydrogens (tertiary/aromatic N) is 1. The molecule has 1 aliphatic heterocycles. The Kier molecular flexibility index (Phi) is 5.27. The van der Waals surface area contributed by atoms with Gasteiger partial charge in [0.2, 0.25) is 5.91 Å². The minimum Gasteiger partial charge on any atom is -0.444 e. The SMILES string of the molecule is CC1(C(=O)NCc2ccccc2)CCCN(C(=O)c2ccc(Br)o2)C1. The predicted molar refractivity (Wildman–Crippen MR) is 97.9 cm³/mol. The molecule has 1 unspecified atom stereocenters. The van der Waals surface area contributed by atoms with E-state index in [1.165, 1.54) is 0 Å². The van der Waals surface area contributed by atoms with Crippen LogP contribution in [0.3, 0.4) is 0 Å². The molecule has 2 amide bonds. The average Bonchev–Trinajstić information content (AvgIpc) is 3.06. The van der Waals surface area contributed by atoms with Crippen LogP contribution >= 0.6 is 15.9 Å². The van der Waals surface area contributed by atoms with Crippen LogP contribution in [0.1, 0.15) is 35.9 Å². The molecule has 0 saturated carbocycles. The first-order valence-corrected chi connectivity index (χ1v) is 9.14. The third-order valence-corrected chi connectivity index (χ3v) is 5.04. The summed E-state index contributed by atoms with van der Waals surface area (Å²) in [5.41, 5.74) is 0.468. The van der Waals surface area contributed by atoms with Crippen LogP contribution in [0.25, 0.3) is 0 Å². The Morgan fingerprint density at radius 1 is 1.24 bits per heavy atom. The first-order chi connectivity index (χ1) is 12.0. The van der Waals surface area contributed by atoms with E-state index < -0.39 is 5.41 Å². The van der Waals surface area contributed by atoms with Crippen LogP contribution in [0.4, 0.5) is 0 Å². The molecule has 1 aromatic carbocycles. The topological polar surface area (TPSA) is 62.6 Å². The Bertz CT molecular complexity index is 759. The highest BCUT2D eigenvalue weighted by molar-refractivity contribution is 9.10. The van der Waals surface area contributed by atoms with Crippen molar-refractivity contribution in [3.63, 3.8) is 0 Å². The maximum Gasteiger partial charge on any atom is 0.289 e. The predicted octanol–water partition coefficient (Wildman–Crippen LogP) is 3.60.